The van der Waals surface area contributed by atoms with Crippen molar-refractivity contribution in [3.05, 3.63) is 34.4 Å². The number of nitrogens with one attached hydrogen (secondary N) is 1. The summed E-state index contributed by atoms with van der Waals surface area (Å²) >= 11 is 3.54. The molecule has 1 aliphatic rings. The van der Waals surface area contributed by atoms with E-state index < -0.39 is 0 Å². The zero-order chi connectivity index (χ0) is 16.4. The van der Waals surface area contributed by atoms with E-state index in [0.29, 0.717) is 18.7 Å². The average molecular weight is 378 g/mol. The Kier molecular flexibility index (Phi) is 4.71. The molecule has 3 rings (SSSR count). The third-order valence-corrected chi connectivity index (χ3v) is 5.12. The number of para-hydroxylation sites is 1. The second-order valence-corrected chi connectivity index (χ2v) is 6.63. The molecule has 5 nitrogen and oxygen atoms in total. The smallest absolute Gasteiger partial charge is 0.269 e. The monoisotopic (exact) mass is 377 g/mol. The fourth-order valence-electron chi connectivity index (χ4n) is 3.09. The molecule has 0 radical (unpaired) electrons. The number of likely N-dealkylation sites (tertiary alicyclic amines) is 1. The maximum atomic E-state index is 12.5. The highest BCUT2D eigenvalue weighted by atomic mass is 79.9. The van der Waals surface area contributed by atoms with Crippen LogP contribution in [0.25, 0.3) is 10.9 Å². The number of aromatic nitrogens is 1. The van der Waals surface area contributed by atoms with Crippen molar-refractivity contribution in [1.82, 2.24) is 14.8 Å². The van der Waals surface area contributed by atoms with Crippen molar-refractivity contribution in [2.24, 2.45) is 7.05 Å². The quantitative estimate of drug-likeness (QED) is 0.814. The van der Waals surface area contributed by atoms with Gasteiger partial charge in [-0.25, -0.2) is 0 Å². The van der Waals surface area contributed by atoms with Crippen LogP contribution in [0, 0.1) is 0 Å². The average Bonchev–Trinajstić information content (AvgIpc) is 3.06. The van der Waals surface area contributed by atoms with E-state index in [0.717, 1.165) is 41.3 Å². The Balaban J connectivity index is 1.61. The molecule has 0 spiro atoms. The first-order valence-electron chi connectivity index (χ1n) is 7.88. The first-order valence-corrected chi connectivity index (χ1v) is 8.68. The van der Waals surface area contributed by atoms with Crippen LogP contribution in [0.4, 0.5) is 0 Å². The molecule has 2 aromatic rings. The highest BCUT2D eigenvalue weighted by molar-refractivity contribution is 9.10. The predicted molar refractivity (Wildman–Crippen MR) is 93.4 cm³/mol. The van der Waals surface area contributed by atoms with Crippen LogP contribution in [0.15, 0.2) is 28.7 Å². The molecule has 1 aliphatic heterocycles. The minimum atomic E-state index is -0.0941. The topological polar surface area (TPSA) is 54.3 Å². The van der Waals surface area contributed by atoms with Crippen molar-refractivity contribution in [3.8, 4) is 0 Å². The second kappa shape index (κ2) is 6.74. The van der Waals surface area contributed by atoms with Gasteiger partial charge >= 0.3 is 0 Å². The number of hydrogen-bond acceptors (Lipinski definition) is 2. The standard InChI is InChI=1S/C17H20BrN3O2/c1-20-13-7-3-2-6-12(13)15(18)16(20)17(23)19-9-5-11-21-10-4-8-14(21)22/h2-3,6-7H,4-5,8-11H2,1H3,(H,19,23). The van der Waals surface area contributed by atoms with Crippen LogP contribution in [-0.2, 0) is 11.8 Å². The van der Waals surface area contributed by atoms with Gasteiger partial charge in [-0.15, -0.1) is 0 Å². The van der Waals surface area contributed by atoms with Gasteiger partial charge in [-0.2, -0.15) is 0 Å². The van der Waals surface area contributed by atoms with Crippen molar-refractivity contribution in [3.63, 3.8) is 0 Å². The minimum Gasteiger partial charge on any atom is -0.351 e. The summed E-state index contributed by atoms with van der Waals surface area (Å²) in [5.74, 6) is 0.135. The Bertz CT molecular complexity index is 715. The molecule has 1 aromatic heterocycles. The first-order chi connectivity index (χ1) is 11.1. The van der Waals surface area contributed by atoms with E-state index in [9.17, 15) is 9.59 Å². The van der Waals surface area contributed by atoms with Gasteiger partial charge in [0.1, 0.15) is 5.69 Å². The number of hydrogen-bond donors (Lipinski definition) is 1. The summed E-state index contributed by atoms with van der Waals surface area (Å²) in [5.41, 5.74) is 1.65. The van der Waals surface area contributed by atoms with Gasteiger partial charge in [0.2, 0.25) is 5.91 Å². The number of benzene rings is 1. The fraction of sp³-hybridized carbons (Fsp3) is 0.412. The van der Waals surface area contributed by atoms with E-state index in [2.05, 4.69) is 21.2 Å². The van der Waals surface area contributed by atoms with Gasteiger partial charge in [0.05, 0.1) is 4.47 Å². The maximum absolute atomic E-state index is 12.5. The van der Waals surface area contributed by atoms with Crippen LogP contribution >= 0.6 is 15.9 Å². The van der Waals surface area contributed by atoms with E-state index in [1.54, 1.807) is 0 Å². The Hall–Kier alpha value is -1.82. The molecule has 0 bridgehead atoms. The first kappa shape index (κ1) is 16.1. The lowest BCUT2D eigenvalue weighted by molar-refractivity contribution is -0.127. The molecular formula is C17H20BrN3O2. The van der Waals surface area contributed by atoms with Gasteiger partial charge in [-0.05, 0) is 34.8 Å². The Morgan fingerprint density at radius 1 is 1.35 bits per heavy atom. The Morgan fingerprint density at radius 2 is 2.13 bits per heavy atom. The van der Waals surface area contributed by atoms with Crippen molar-refractivity contribution in [2.75, 3.05) is 19.6 Å². The number of aryl methyl sites for hydroxylation is 1. The zero-order valence-electron chi connectivity index (χ0n) is 13.1. The second-order valence-electron chi connectivity index (χ2n) is 5.83. The normalized spacial score (nSPS) is 14.7. The molecule has 122 valence electrons. The van der Waals surface area contributed by atoms with Gasteiger partial charge < -0.3 is 14.8 Å². The molecule has 2 amide bonds. The molecule has 1 aromatic carbocycles. The third-order valence-electron chi connectivity index (χ3n) is 4.32. The molecule has 2 heterocycles. The van der Waals surface area contributed by atoms with Crippen LogP contribution in [0.2, 0.25) is 0 Å². The van der Waals surface area contributed by atoms with E-state index in [4.69, 9.17) is 0 Å². The largest absolute Gasteiger partial charge is 0.351 e. The van der Waals surface area contributed by atoms with E-state index in [1.165, 1.54) is 0 Å². The fourth-order valence-corrected chi connectivity index (χ4v) is 3.88. The lowest BCUT2D eigenvalue weighted by Gasteiger charge is -2.15. The van der Waals surface area contributed by atoms with Crippen molar-refractivity contribution < 1.29 is 9.59 Å². The highest BCUT2D eigenvalue weighted by Crippen LogP contribution is 2.30. The highest BCUT2D eigenvalue weighted by Gasteiger charge is 2.20. The summed E-state index contributed by atoms with van der Waals surface area (Å²) in [6.07, 6.45) is 2.39. The summed E-state index contributed by atoms with van der Waals surface area (Å²) in [5, 5.41) is 3.98. The van der Waals surface area contributed by atoms with E-state index >= 15 is 0 Å². The molecule has 1 fully saturated rings. The van der Waals surface area contributed by atoms with E-state index in [1.807, 2.05) is 40.8 Å². The summed E-state index contributed by atoms with van der Waals surface area (Å²) in [6.45, 7) is 2.13. The third kappa shape index (κ3) is 3.13. The van der Waals surface area contributed by atoms with E-state index in [-0.39, 0.29) is 11.8 Å². The zero-order valence-corrected chi connectivity index (χ0v) is 14.7. The lowest BCUT2D eigenvalue weighted by Crippen LogP contribution is -2.31. The molecule has 1 saturated heterocycles. The summed E-state index contributed by atoms with van der Waals surface area (Å²) < 4.78 is 2.72. The summed E-state index contributed by atoms with van der Waals surface area (Å²) in [7, 11) is 1.89. The van der Waals surface area contributed by atoms with Crippen LogP contribution < -0.4 is 5.32 Å². The minimum absolute atomic E-state index is 0.0941. The van der Waals surface area contributed by atoms with Crippen LogP contribution in [-0.4, -0.2) is 40.9 Å². The van der Waals surface area contributed by atoms with Crippen molar-refractivity contribution >= 4 is 38.6 Å². The molecule has 6 heteroatoms. The molecule has 0 unspecified atom stereocenters. The Morgan fingerprint density at radius 3 is 2.83 bits per heavy atom. The van der Waals surface area contributed by atoms with Crippen LogP contribution in [0.1, 0.15) is 29.8 Å². The Labute approximate surface area is 143 Å². The number of fused-ring (bicyclic) bond motifs is 1. The molecule has 0 aliphatic carbocycles. The molecule has 23 heavy (non-hydrogen) atoms. The number of halogens is 1. The number of carbonyl (C=O) groups excluding carboxylic acids is 2. The number of carbonyl (C=O) groups is 2. The van der Waals surface area contributed by atoms with Gasteiger partial charge in [-0.1, -0.05) is 18.2 Å². The molecular weight excluding hydrogens is 358 g/mol. The summed E-state index contributed by atoms with van der Waals surface area (Å²) in [4.78, 5) is 25.9. The molecule has 0 atom stereocenters. The predicted octanol–water partition coefficient (Wildman–Crippen LogP) is 2.68. The van der Waals surface area contributed by atoms with Crippen molar-refractivity contribution in [1.29, 1.82) is 0 Å². The van der Waals surface area contributed by atoms with Crippen molar-refractivity contribution in [2.45, 2.75) is 19.3 Å². The maximum Gasteiger partial charge on any atom is 0.269 e. The van der Waals surface area contributed by atoms with Gasteiger partial charge in [0, 0.05) is 44.0 Å². The SMILES string of the molecule is Cn1c(C(=O)NCCCN2CCCC2=O)c(Br)c2ccccc21. The number of rotatable bonds is 5. The van der Waals surface area contributed by atoms with Gasteiger partial charge in [0.25, 0.3) is 5.91 Å². The lowest BCUT2D eigenvalue weighted by atomic mass is 10.2. The van der Waals surface area contributed by atoms with Gasteiger partial charge in [0.15, 0.2) is 0 Å². The van der Waals surface area contributed by atoms with Crippen LogP contribution in [0.5, 0.6) is 0 Å². The molecule has 1 N–H and O–H groups in total. The van der Waals surface area contributed by atoms with Gasteiger partial charge in [-0.3, -0.25) is 9.59 Å². The number of amides is 2. The molecule has 0 saturated carbocycles. The number of nitrogens with zero attached hydrogens (tertiary/aromatic N) is 2. The summed E-state index contributed by atoms with van der Waals surface area (Å²) in [6, 6.07) is 7.91. The van der Waals surface area contributed by atoms with Crippen LogP contribution in [0.3, 0.4) is 0 Å².